The summed E-state index contributed by atoms with van der Waals surface area (Å²) in [6, 6.07) is 11.5. The Bertz CT molecular complexity index is 1040. The minimum Gasteiger partial charge on any atom is -0.477 e. The number of nitrogens with zero attached hydrogens (tertiary/aromatic N) is 2. The highest BCUT2D eigenvalue weighted by atomic mass is 32.1. The number of benzene rings is 1. The van der Waals surface area contributed by atoms with Gasteiger partial charge in [0.05, 0.1) is 16.8 Å². The minimum absolute atomic E-state index is 0.0981. The van der Waals surface area contributed by atoms with E-state index < -0.39 is 5.97 Å². The third kappa shape index (κ3) is 2.34. The number of thiophene rings is 2. The average Bonchev–Trinajstić information content (AvgIpc) is 3.23. The Labute approximate surface area is 145 Å². The number of rotatable bonds is 3. The summed E-state index contributed by atoms with van der Waals surface area (Å²) in [6.07, 6.45) is 0. The third-order valence-corrected chi connectivity index (χ3v) is 5.38. The second-order valence-corrected chi connectivity index (χ2v) is 6.88. The summed E-state index contributed by atoms with van der Waals surface area (Å²) in [5.41, 5.74) is 8.76. The summed E-state index contributed by atoms with van der Waals surface area (Å²) in [7, 11) is 0. The van der Waals surface area contributed by atoms with Gasteiger partial charge in [0, 0.05) is 16.5 Å². The van der Waals surface area contributed by atoms with Crippen LogP contribution in [0.2, 0.25) is 0 Å². The second kappa shape index (κ2) is 5.70. The summed E-state index contributed by atoms with van der Waals surface area (Å²) in [6.45, 7) is 0. The Morgan fingerprint density at radius 3 is 2.54 bits per heavy atom. The van der Waals surface area contributed by atoms with Gasteiger partial charge in [-0.05, 0) is 11.4 Å². The number of carbonyl (C=O) groups is 1. The smallest absolute Gasteiger partial charge is 0.348 e. The molecule has 24 heavy (non-hydrogen) atoms. The van der Waals surface area contributed by atoms with Gasteiger partial charge < -0.3 is 10.8 Å². The number of aromatic carboxylic acids is 1. The van der Waals surface area contributed by atoms with Crippen LogP contribution in [0.15, 0.2) is 47.2 Å². The molecule has 0 saturated carbocycles. The van der Waals surface area contributed by atoms with Crippen LogP contribution in [0.25, 0.3) is 32.9 Å². The van der Waals surface area contributed by atoms with E-state index in [4.69, 9.17) is 5.73 Å². The van der Waals surface area contributed by atoms with Gasteiger partial charge in [-0.1, -0.05) is 30.3 Å². The molecule has 0 aliphatic heterocycles. The lowest BCUT2D eigenvalue weighted by molar-refractivity contribution is 0.0703. The van der Waals surface area contributed by atoms with Crippen molar-refractivity contribution in [2.24, 2.45) is 0 Å². The number of aromatic nitrogens is 2. The molecule has 4 rings (SSSR count). The fourth-order valence-electron chi connectivity index (χ4n) is 2.51. The second-order valence-electron chi connectivity index (χ2n) is 5.10. The molecule has 0 atom stereocenters. The highest BCUT2D eigenvalue weighted by Crippen LogP contribution is 2.39. The van der Waals surface area contributed by atoms with Crippen LogP contribution in [0.1, 0.15) is 9.67 Å². The molecule has 3 N–H and O–H groups in total. The van der Waals surface area contributed by atoms with E-state index in [1.807, 2.05) is 47.2 Å². The summed E-state index contributed by atoms with van der Waals surface area (Å²) >= 11 is 2.63. The molecule has 1 aromatic carbocycles. The number of hydrogen-bond acceptors (Lipinski definition) is 6. The summed E-state index contributed by atoms with van der Waals surface area (Å²) < 4.78 is 0. The highest BCUT2D eigenvalue weighted by Gasteiger charge is 2.22. The first kappa shape index (κ1) is 14.8. The standard InChI is InChI=1S/C17H11N3O2S2/c18-12-11-13(10-6-7-23-8-10)19-15(9-4-2-1-3-5-9)20-16(11)24-14(12)17(21)22/h1-8H,18H2,(H,21,22). The third-order valence-electron chi connectivity index (χ3n) is 3.61. The zero-order chi connectivity index (χ0) is 16.7. The van der Waals surface area contributed by atoms with Gasteiger partial charge in [-0.2, -0.15) is 11.3 Å². The van der Waals surface area contributed by atoms with Gasteiger partial charge in [0.25, 0.3) is 0 Å². The Kier molecular flexibility index (Phi) is 3.51. The van der Waals surface area contributed by atoms with Gasteiger partial charge in [0.2, 0.25) is 0 Å². The molecule has 118 valence electrons. The molecular formula is C17H11N3O2S2. The van der Waals surface area contributed by atoms with Gasteiger partial charge in [0.15, 0.2) is 5.82 Å². The van der Waals surface area contributed by atoms with E-state index in [0.717, 1.165) is 22.5 Å². The molecular weight excluding hydrogens is 342 g/mol. The van der Waals surface area contributed by atoms with Crippen LogP contribution in [-0.4, -0.2) is 21.0 Å². The molecule has 0 unspecified atom stereocenters. The Balaban J connectivity index is 2.07. The first-order valence-corrected chi connectivity index (χ1v) is 8.82. The zero-order valence-electron chi connectivity index (χ0n) is 12.3. The van der Waals surface area contributed by atoms with Crippen molar-refractivity contribution in [3.05, 3.63) is 52.0 Å². The van der Waals surface area contributed by atoms with Crippen molar-refractivity contribution in [2.75, 3.05) is 5.73 Å². The van der Waals surface area contributed by atoms with Crippen LogP contribution in [-0.2, 0) is 0 Å². The number of nitrogen functional groups attached to an aromatic ring is 1. The molecule has 0 bridgehead atoms. The molecule has 0 spiro atoms. The molecule has 0 radical (unpaired) electrons. The lowest BCUT2D eigenvalue weighted by Crippen LogP contribution is -1.98. The molecule has 0 amide bonds. The number of anilines is 1. The van der Waals surface area contributed by atoms with Gasteiger partial charge in [-0.15, -0.1) is 11.3 Å². The number of fused-ring (bicyclic) bond motifs is 1. The largest absolute Gasteiger partial charge is 0.477 e. The van der Waals surface area contributed by atoms with Crippen molar-refractivity contribution >= 4 is 44.5 Å². The van der Waals surface area contributed by atoms with E-state index in [-0.39, 0.29) is 10.6 Å². The Hall–Kier alpha value is -2.77. The maximum absolute atomic E-state index is 11.4. The fraction of sp³-hybridized carbons (Fsp3) is 0. The van der Waals surface area contributed by atoms with E-state index >= 15 is 0 Å². The molecule has 4 aromatic rings. The number of carboxylic acids is 1. The van der Waals surface area contributed by atoms with E-state index in [9.17, 15) is 9.90 Å². The van der Waals surface area contributed by atoms with Crippen LogP contribution in [0.3, 0.4) is 0 Å². The van der Waals surface area contributed by atoms with Crippen molar-refractivity contribution in [1.29, 1.82) is 0 Å². The first-order valence-electron chi connectivity index (χ1n) is 7.06. The predicted octanol–water partition coefficient (Wildman–Crippen LogP) is 4.37. The maximum Gasteiger partial charge on any atom is 0.348 e. The predicted molar refractivity (Wildman–Crippen MR) is 97.5 cm³/mol. The van der Waals surface area contributed by atoms with E-state index in [2.05, 4.69) is 9.97 Å². The van der Waals surface area contributed by atoms with E-state index in [1.165, 1.54) is 0 Å². The van der Waals surface area contributed by atoms with Gasteiger partial charge in [-0.3, -0.25) is 0 Å². The molecule has 3 aromatic heterocycles. The Morgan fingerprint density at radius 2 is 1.88 bits per heavy atom. The number of carboxylic acid groups (broad SMARTS) is 1. The quantitative estimate of drug-likeness (QED) is 0.571. The van der Waals surface area contributed by atoms with Gasteiger partial charge in [0.1, 0.15) is 9.71 Å². The number of nitrogens with two attached hydrogens (primary N) is 1. The van der Waals surface area contributed by atoms with Crippen LogP contribution >= 0.6 is 22.7 Å². The molecule has 5 nitrogen and oxygen atoms in total. The van der Waals surface area contributed by atoms with Crippen molar-refractivity contribution in [3.63, 3.8) is 0 Å². The normalized spacial score (nSPS) is 11.0. The van der Waals surface area contributed by atoms with Crippen molar-refractivity contribution in [2.45, 2.75) is 0 Å². The Morgan fingerprint density at radius 1 is 1.08 bits per heavy atom. The van der Waals surface area contributed by atoms with Crippen LogP contribution in [0.4, 0.5) is 5.69 Å². The van der Waals surface area contributed by atoms with Crippen molar-refractivity contribution in [3.8, 4) is 22.6 Å². The fourth-order valence-corrected chi connectivity index (χ4v) is 4.08. The first-order chi connectivity index (χ1) is 11.6. The molecule has 0 saturated heterocycles. The number of hydrogen-bond donors (Lipinski definition) is 2. The lowest BCUT2D eigenvalue weighted by Gasteiger charge is -2.06. The van der Waals surface area contributed by atoms with Gasteiger partial charge >= 0.3 is 5.97 Å². The average molecular weight is 353 g/mol. The van der Waals surface area contributed by atoms with Crippen LogP contribution in [0, 0.1) is 0 Å². The molecule has 0 aliphatic rings. The van der Waals surface area contributed by atoms with E-state index in [1.54, 1.807) is 11.3 Å². The monoisotopic (exact) mass is 353 g/mol. The molecule has 0 aliphatic carbocycles. The summed E-state index contributed by atoms with van der Waals surface area (Å²) in [4.78, 5) is 21.3. The molecule has 3 heterocycles. The summed E-state index contributed by atoms with van der Waals surface area (Å²) in [5.74, 6) is -0.490. The van der Waals surface area contributed by atoms with Crippen LogP contribution in [0.5, 0.6) is 0 Å². The van der Waals surface area contributed by atoms with Crippen LogP contribution < -0.4 is 5.73 Å². The van der Waals surface area contributed by atoms with Crippen molar-refractivity contribution in [1.82, 2.24) is 9.97 Å². The van der Waals surface area contributed by atoms with E-state index in [0.29, 0.717) is 21.7 Å². The lowest BCUT2D eigenvalue weighted by atomic mass is 10.1. The zero-order valence-corrected chi connectivity index (χ0v) is 13.9. The summed E-state index contributed by atoms with van der Waals surface area (Å²) in [5, 5.41) is 13.9. The van der Waals surface area contributed by atoms with Crippen molar-refractivity contribution < 1.29 is 9.90 Å². The van der Waals surface area contributed by atoms with Gasteiger partial charge in [-0.25, -0.2) is 14.8 Å². The minimum atomic E-state index is -1.05. The molecule has 0 fully saturated rings. The topological polar surface area (TPSA) is 89.1 Å². The maximum atomic E-state index is 11.4. The molecule has 7 heteroatoms. The highest BCUT2D eigenvalue weighted by molar-refractivity contribution is 7.21. The SMILES string of the molecule is Nc1c(C(=O)O)sc2nc(-c3ccccc3)nc(-c3ccsc3)c12.